The Hall–Kier alpha value is -2.93. The van der Waals surface area contributed by atoms with Gasteiger partial charge in [0.2, 0.25) is 0 Å². The maximum absolute atomic E-state index is 12.5. The highest BCUT2D eigenvalue weighted by atomic mass is 79.9. The van der Waals surface area contributed by atoms with Crippen LogP contribution in [-0.2, 0) is 4.74 Å². The van der Waals surface area contributed by atoms with Crippen LogP contribution in [0.15, 0.2) is 62.2 Å². The molecule has 1 aromatic heterocycles. The van der Waals surface area contributed by atoms with Crippen molar-refractivity contribution in [1.29, 1.82) is 0 Å². The van der Waals surface area contributed by atoms with E-state index in [1.165, 1.54) is 19.2 Å². The van der Waals surface area contributed by atoms with Gasteiger partial charge in [-0.25, -0.2) is 9.59 Å². The van der Waals surface area contributed by atoms with Gasteiger partial charge in [-0.2, -0.15) is 0 Å². The van der Waals surface area contributed by atoms with E-state index in [4.69, 9.17) is 4.42 Å². The second-order valence-corrected chi connectivity index (χ2v) is 6.04. The summed E-state index contributed by atoms with van der Waals surface area (Å²) in [6.45, 7) is 0. The summed E-state index contributed by atoms with van der Waals surface area (Å²) in [5, 5.41) is 3.15. The predicted molar refractivity (Wildman–Crippen MR) is 95.9 cm³/mol. The molecule has 3 aromatic rings. The Morgan fingerprint density at radius 3 is 2.60 bits per heavy atom. The van der Waals surface area contributed by atoms with Gasteiger partial charge in [-0.15, -0.1) is 0 Å². The molecule has 3 rings (SSSR count). The number of amides is 1. The number of esters is 1. The summed E-state index contributed by atoms with van der Waals surface area (Å²) in [6, 6.07) is 12.9. The maximum Gasteiger partial charge on any atom is 0.349 e. The zero-order valence-electron chi connectivity index (χ0n) is 13.0. The van der Waals surface area contributed by atoms with Crippen LogP contribution in [0.5, 0.6) is 0 Å². The van der Waals surface area contributed by atoms with Crippen LogP contribution in [0.1, 0.15) is 20.7 Å². The smallest absolute Gasteiger partial charge is 0.349 e. The maximum atomic E-state index is 12.5. The van der Waals surface area contributed by atoms with Crippen LogP contribution in [-0.4, -0.2) is 19.0 Å². The van der Waals surface area contributed by atoms with E-state index in [0.29, 0.717) is 11.0 Å². The molecule has 0 spiro atoms. The zero-order valence-corrected chi connectivity index (χ0v) is 14.6. The first-order valence-electron chi connectivity index (χ1n) is 7.21. The van der Waals surface area contributed by atoms with Gasteiger partial charge in [0.05, 0.1) is 18.4 Å². The lowest BCUT2D eigenvalue weighted by Crippen LogP contribution is -2.22. The van der Waals surface area contributed by atoms with Crippen molar-refractivity contribution in [3.63, 3.8) is 0 Å². The van der Waals surface area contributed by atoms with E-state index in [1.807, 2.05) is 0 Å². The summed E-state index contributed by atoms with van der Waals surface area (Å²) >= 11 is 3.33. The molecule has 6 nitrogen and oxygen atoms in total. The summed E-state index contributed by atoms with van der Waals surface area (Å²) in [6.07, 6.45) is 0. The fraction of sp³-hybridized carbons (Fsp3) is 0.0556. The van der Waals surface area contributed by atoms with Gasteiger partial charge in [0, 0.05) is 9.86 Å². The molecule has 2 aromatic carbocycles. The molecule has 1 amide bonds. The van der Waals surface area contributed by atoms with Crippen LogP contribution >= 0.6 is 15.9 Å². The number of methoxy groups -OCH3 is 1. The number of nitrogens with one attached hydrogen (secondary N) is 1. The molecule has 0 saturated heterocycles. The monoisotopic (exact) mass is 401 g/mol. The number of ether oxygens (including phenoxy) is 1. The second-order valence-electron chi connectivity index (χ2n) is 5.12. The molecule has 0 atom stereocenters. The number of hydrogen-bond acceptors (Lipinski definition) is 5. The van der Waals surface area contributed by atoms with Crippen LogP contribution in [0.3, 0.4) is 0 Å². The molecule has 0 fully saturated rings. The molecule has 0 bridgehead atoms. The van der Waals surface area contributed by atoms with Crippen molar-refractivity contribution in [2.45, 2.75) is 0 Å². The van der Waals surface area contributed by atoms with E-state index >= 15 is 0 Å². The lowest BCUT2D eigenvalue weighted by molar-refractivity contribution is 0.0602. The van der Waals surface area contributed by atoms with Crippen molar-refractivity contribution in [2.24, 2.45) is 0 Å². The van der Waals surface area contributed by atoms with Crippen molar-refractivity contribution in [3.8, 4) is 0 Å². The molecule has 0 aliphatic rings. The number of fused-ring (bicyclic) bond motifs is 1. The minimum Gasteiger partial charge on any atom is -0.465 e. The number of para-hydroxylation sites is 1. The fourth-order valence-electron chi connectivity index (χ4n) is 2.32. The molecule has 25 heavy (non-hydrogen) atoms. The summed E-state index contributed by atoms with van der Waals surface area (Å²) in [4.78, 5) is 36.4. The molecule has 1 N–H and O–H groups in total. The number of anilines is 1. The van der Waals surface area contributed by atoms with E-state index in [0.717, 1.165) is 4.47 Å². The Kier molecular flexibility index (Phi) is 4.67. The molecule has 1 heterocycles. The van der Waals surface area contributed by atoms with Crippen LogP contribution in [0.4, 0.5) is 5.69 Å². The lowest BCUT2D eigenvalue weighted by atomic mass is 10.1. The molecule has 0 aliphatic carbocycles. The lowest BCUT2D eigenvalue weighted by Gasteiger charge is -2.09. The van der Waals surface area contributed by atoms with Crippen molar-refractivity contribution < 1.29 is 18.7 Å². The number of carbonyl (C=O) groups excluding carboxylic acids is 2. The third kappa shape index (κ3) is 3.46. The Labute approximate surface area is 150 Å². The van der Waals surface area contributed by atoms with Gasteiger partial charge < -0.3 is 14.5 Å². The molecule has 0 saturated carbocycles. The minimum atomic E-state index is -0.761. The Balaban J connectivity index is 2.00. The van der Waals surface area contributed by atoms with Gasteiger partial charge in [-0.05, 0) is 36.4 Å². The zero-order chi connectivity index (χ0) is 18.0. The SMILES string of the molecule is COC(=O)c1ccccc1NC(=O)c1cc2cc(Br)ccc2oc1=O. The third-order valence-electron chi connectivity index (χ3n) is 3.52. The first-order valence-corrected chi connectivity index (χ1v) is 8.01. The number of hydrogen-bond donors (Lipinski definition) is 1. The van der Waals surface area contributed by atoms with Crippen LogP contribution in [0, 0.1) is 0 Å². The molecule has 0 aliphatic heterocycles. The average molecular weight is 402 g/mol. The standard InChI is InChI=1S/C18H12BrNO5/c1-24-17(22)12-4-2-3-5-14(12)20-16(21)13-9-10-8-11(19)6-7-15(10)25-18(13)23/h2-9H,1H3,(H,20,21). The van der Waals surface area contributed by atoms with Crippen molar-refractivity contribution >= 4 is 44.5 Å². The highest BCUT2D eigenvalue weighted by Crippen LogP contribution is 2.21. The van der Waals surface area contributed by atoms with E-state index in [-0.39, 0.29) is 16.8 Å². The highest BCUT2D eigenvalue weighted by Gasteiger charge is 2.18. The number of carbonyl (C=O) groups is 2. The van der Waals surface area contributed by atoms with Crippen molar-refractivity contribution in [3.05, 3.63) is 74.6 Å². The largest absolute Gasteiger partial charge is 0.465 e. The van der Waals surface area contributed by atoms with Gasteiger partial charge in [0.15, 0.2) is 0 Å². The molecular weight excluding hydrogens is 390 g/mol. The average Bonchev–Trinajstić information content (AvgIpc) is 2.61. The minimum absolute atomic E-state index is 0.162. The molecule has 126 valence electrons. The predicted octanol–water partition coefficient (Wildman–Crippen LogP) is 3.59. The van der Waals surface area contributed by atoms with Gasteiger partial charge in [0.1, 0.15) is 11.1 Å². The second kappa shape index (κ2) is 6.90. The van der Waals surface area contributed by atoms with E-state index in [9.17, 15) is 14.4 Å². The van der Waals surface area contributed by atoms with Crippen LogP contribution in [0.25, 0.3) is 11.0 Å². The normalized spacial score (nSPS) is 10.5. The van der Waals surface area contributed by atoms with E-state index in [2.05, 4.69) is 26.0 Å². The number of halogens is 1. The Morgan fingerprint density at radius 2 is 1.84 bits per heavy atom. The molecular formula is C18H12BrNO5. The Bertz CT molecular complexity index is 1040. The highest BCUT2D eigenvalue weighted by molar-refractivity contribution is 9.10. The van der Waals surface area contributed by atoms with Gasteiger partial charge in [-0.1, -0.05) is 28.1 Å². The summed E-state index contributed by atoms with van der Waals surface area (Å²) < 4.78 is 10.6. The number of benzene rings is 2. The van der Waals surface area contributed by atoms with Gasteiger partial charge >= 0.3 is 11.6 Å². The van der Waals surface area contributed by atoms with E-state index < -0.39 is 17.5 Å². The summed E-state index contributed by atoms with van der Waals surface area (Å²) in [5.74, 6) is -1.27. The first kappa shape index (κ1) is 16.9. The number of rotatable bonds is 3. The van der Waals surface area contributed by atoms with Gasteiger partial charge in [0.25, 0.3) is 5.91 Å². The summed E-state index contributed by atoms with van der Waals surface area (Å²) in [5.41, 5.74) is -0.118. The summed E-state index contributed by atoms with van der Waals surface area (Å²) in [7, 11) is 1.25. The van der Waals surface area contributed by atoms with Crippen LogP contribution in [0.2, 0.25) is 0 Å². The van der Waals surface area contributed by atoms with Crippen molar-refractivity contribution in [2.75, 3.05) is 12.4 Å². The van der Waals surface area contributed by atoms with Crippen LogP contribution < -0.4 is 10.9 Å². The molecule has 0 radical (unpaired) electrons. The first-order chi connectivity index (χ1) is 12.0. The fourth-order valence-corrected chi connectivity index (χ4v) is 2.70. The third-order valence-corrected chi connectivity index (χ3v) is 4.01. The quantitative estimate of drug-likeness (QED) is 0.535. The van der Waals surface area contributed by atoms with Gasteiger partial charge in [-0.3, -0.25) is 4.79 Å². The molecule has 0 unspecified atom stereocenters. The van der Waals surface area contributed by atoms with Crippen molar-refractivity contribution in [1.82, 2.24) is 0 Å². The molecule has 7 heteroatoms. The van der Waals surface area contributed by atoms with E-state index in [1.54, 1.807) is 36.4 Å². The Morgan fingerprint density at radius 1 is 1.08 bits per heavy atom. The topological polar surface area (TPSA) is 85.6 Å².